The van der Waals surface area contributed by atoms with Crippen molar-refractivity contribution in [1.82, 2.24) is 0 Å². The quantitative estimate of drug-likeness (QED) is 0.132. The van der Waals surface area contributed by atoms with Crippen molar-refractivity contribution in [2.45, 2.75) is 117 Å². The average Bonchev–Trinajstić information content (AvgIpc) is 2.64. The van der Waals surface area contributed by atoms with Crippen molar-refractivity contribution in [3.63, 3.8) is 0 Å². The second-order valence-electron chi connectivity index (χ2n) is 7.45. The SMILES string of the molecule is CCCCCCCCCCCCCCCCCCS/C(N)=C\C(=O)OCC. The van der Waals surface area contributed by atoms with E-state index in [1.54, 1.807) is 18.7 Å². The molecule has 0 bridgehead atoms. The molecule has 0 aromatic rings. The molecule has 0 unspecified atom stereocenters. The van der Waals surface area contributed by atoms with Gasteiger partial charge in [-0.2, -0.15) is 0 Å². The van der Waals surface area contributed by atoms with Crippen LogP contribution in [0.5, 0.6) is 0 Å². The van der Waals surface area contributed by atoms with Crippen LogP contribution in [-0.2, 0) is 9.53 Å². The lowest BCUT2D eigenvalue weighted by Crippen LogP contribution is -2.04. The molecule has 0 saturated heterocycles. The molecule has 27 heavy (non-hydrogen) atoms. The lowest BCUT2D eigenvalue weighted by atomic mass is 10.0. The van der Waals surface area contributed by atoms with Crippen LogP contribution in [0.1, 0.15) is 117 Å². The van der Waals surface area contributed by atoms with Gasteiger partial charge in [-0.25, -0.2) is 4.79 Å². The molecule has 0 saturated carbocycles. The number of ether oxygens (including phenoxy) is 1. The number of unbranched alkanes of at least 4 members (excludes halogenated alkanes) is 15. The standard InChI is InChI=1S/C23H45NO2S/c1-3-5-6-7-8-9-10-11-12-13-14-15-16-17-18-19-20-27-22(24)21-23(25)26-4-2/h21H,3-20,24H2,1-2H3/b22-21-. The monoisotopic (exact) mass is 399 g/mol. The number of thioether (sulfide) groups is 1. The van der Waals surface area contributed by atoms with Gasteiger partial charge in [0.2, 0.25) is 0 Å². The van der Waals surface area contributed by atoms with E-state index in [0.717, 1.165) is 5.75 Å². The minimum absolute atomic E-state index is 0.338. The highest BCUT2D eigenvalue weighted by Crippen LogP contribution is 2.16. The van der Waals surface area contributed by atoms with Crippen LogP contribution in [0, 0.1) is 0 Å². The second kappa shape index (κ2) is 21.7. The molecular formula is C23H45NO2S. The Kier molecular flexibility index (Phi) is 21.1. The van der Waals surface area contributed by atoms with Crippen LogP contribution < -0.4 is 5.73 Å². The lowest BCUT2D eigenvalue weighted by molar-refractivity contribution is -0.137. The molecule has 160 valence electrons. The van der Waals surface area contributed by atoms with E-state index < -0.39 is 0 Å². The molecule has 0 aliphatic rings. The molecular weight excluding hydrogens is 354 g/mol. The zero-order valence-electron chi connectivity index (χ0n) is 18.1. The van der Waals surface area contributed by atoms with Crippen molar-refractivity contribution in [2.24, 2.45) is 5.73 Å². The molecule has 0 radical (unpaired) electrons. The van der Waals surface area contributed by atoms with Crippen LogP contribution >= 0.6 is 11.8 Å². The molecule has 0 aromatic heterocycles. The number of carbonyl (C=O) groups is 1. The van der Waals surface area contributed by atoms with Crippen molar-refractivity contribution in [3.8, 4) is 0 Å². The minimum Gasteiger partial charge on any atom is -0.463 e. The predicted octanol–water partition coefficient (Wildman–Crippen LogP) is 7.34. The first kappa shape index (κ1) is 26.4. The van der Waals surface area contributed by atoms with Gasteiger partial charge in [0.05, 0.1) is 17.7 Å². The maximum atomic E-state index is 11.2. The first-order chi connectivity index (χ1) is 13.2. The van der Waals surface area contributed by atoms with Crippen LogP contribution in [-0.4, -0.2) is 18.3 Å². The molecule has 0 atom stereocenters. The summed E-state index contributed by atoms with van der Waals surface area (Å²) in [6, 6.07) is 0. The molecule has 0 fully saturated rings. The van der Waals surface area contributed by atoms with E-state index in [-0.39, 0.29) is 5.97 Å². The number of carbonyl (C=O) groups excluding carboxylic acids is 1. The molecule has 0 aliphatic carbocycles. The van der Waals surface area contributed by atoms with Gasteiger partial charge in [0.25, 0.3) is 0 Å². The molecule has 0 rings (SSSR count). The third-order valence-corrected chi connectivity index (χ3v) is 5.76. The third kappa shape index (κ3) is 21.5. The summed E-state index contributed by atoms with van der Waals surface area (Å²) in [7, 11) is 0. The van der Waals surface area contributed by atoms with E-state index >= 15 is 0 Å². The van der Waals surface area contributed by atoms with Crippen molar-refractivity contribution in [2.75, 3.05) is 12.4 Å². The molecule has 3 nitrogen and oxygen atoms in total. The zero-order valence-corrected chi connectivity index (χ0v) is 18.9. The first-order valence-electron chi connectivity index (χ1n) is 11.5. The molecule has 0 aliphatic heterocycles. The Morgan fingerprint density at radius 1 is 0.741 bits per heavy atom. The Bertz CT molecular complexity index is 358. The Morgan fingerprint density at radius 3 is 1.56 bits per heavy atom. The van der Waals surface area contributed by atoms with Crippen molar-refractivity contribution < 1.29 is 9.53 Å². The van der Waals surface area contributed by atoms with Gasteiger partial charge in [-0.15, -0.1) is 11.8 Å². The highest BCUT2D eigenvalue weighted by Gasteiger charge is 2.00. The third-order valence-electron chi connectivity index (χ3n) is 4.81. The molecule has 0 aromatic carbocycles. The van der Waals surface area contributed by atoms with Crippen LogP contribution in [0.2, 0.25) is 0 Å². The number of hydrogen-bond acceptors (Lipinski definition) is 4. The van der Waals surface area contributed by atoms with Crippen molar-refractivity contribution in [3.05, 3.63) is 11.1 Å². The number of hydrogen-bond donors (Lipinski definition) is 1. The fourth-order valence-electron chi connectivity index (χ4n) is 3.18. The second-order valence-corrected chi connectivity index (χ2v) is 8.62. The Hall–Kier alpha value is -0.640. The number of esters is 1. The summed E-state index contributed by atoms with van der Waals surface area (Å²) >= 11 is 1.56. The zero-order chi connectivity index (χ0) is 20.0. The summed E-state index contributed by atoms with van der Waals surface area (Å²) in [4.78, 5) is 11.2. The van der Waals surface area contributed by atoms with E-state index in [2.05, 4.69) is 6.92 Å². The molecule has 0 spiro atoms. The Morgan fingerprint density at radius 2 is 1.15 bits per heavy atom. The van der Waals surface area contributed by atoms with Crippen molar-refractivity contribution in [1.29, 1.82) is 0 Å². The topological polar surface area (TPSA) is 52.3 Å². The van der Waals surface area contributed by atoms with Gasteiger partial charge in [-0.05, 0) is 19.1 Å². The maximum Gasteiger partial charge on any atom is 0.333 e. The largest absolute Gasteiger partial charge is 0.463 e. The highest BCUT2D eigenvalue weighted by atomic mass is 32.2. The van der Waals surface area contributed by atoms with Crippen LogP contribution in [0.15, 0.2) is 11.1 Å². The van der Waals surface area contributed by atoms with Crippen LogP contribution in [0.3, 0.4) is 0 Å². The van der Waals surface area contributed by atoms with Gasteiger partial charge in [-0.3, -0.25) is 0 Å². The van der Waals surface area contributed by atoms with Gasteiger partial charge in [-0.1, -0.05) is 103 Å². The molecule has 0 heterocycles. The van der Waals surface area contributed by atoms with E-state index in [0.29, 0.717) is 11.6 Å². The van der Waals surface area contributed by atoms with Gasteiger partial charge in [0.15, 0.2) is 0 Å². The summed E-state index contributed by atoms with van der Waals surface area (Å²) in [5.41, 5.74) is 5.79. The smallest absolute Gasteiger partial charge is 0.333 e. The van der Waals surface area contributed by atoms with Crippen LogP contribution in [0.25, 0.3) is 0 Å². The average molecular weight is 400 g/mol. The summed E-state index contributed by atoms with van der Waals surface area (Å²) in [6.45, 7) is 4.47. The molecule has 0 amide bonds. The number of nitrogens with two attached hydrogens (primary N) is 1. The van der Waals surface area contributed by atoms with Crippen LogP contribution in [0.4, 0.5) is 0 Å². The summed E-state index contributed by atoms with van der Waals surface area (Å²) in [5.74, 6) is 0.648. The van der Waals surface area contributed by atoms with E-state index in [4.69, 9.17) is 10.5 Å². The Balaban J connectivity index is 3.20. The minimum atomic E-state index is -0.338. The fraction of sp³-hybridized carbons (Fsp3) is 0.870. The van der Waals surface area contributed by atoms with Gasteiger partial charge in [0.1, 0.15) is 0 Å². The normalized spacial score (nSPS) is 11.7. The Labute approximate surface area is 173 Å². The van der Waals surface area contributed by atoms with E-state index in [1.807, 2.05) is 0 Å². The van der Waals surface area contributed by atoms with Gasteiger partial charge < -0.3 is 10.5 Å². The van der Waals surface area contributed by atoms with E-state index in [9.17, 15) is 4.79 Å². The fourth-order valence-corrected chi connectivity index (χ4v) is 3.95. The van der Waals surface area contributed by atoms with Gasteiger partial charge >= 0.3 is 5.97 Å². The predicted molar refractivity (Wildman–Crippen MR) is 121 cm³/mol. The number of rotatable bonds is 20. The van der Waals surface area contributed by atoms with E-state index in [1.165, 1.54) is 109 Å². The van der Waals surface area contributed by atoms with Gasteiger partial charge in [0, 0.05) is 0 Å². The maximum absolute atomic E-state index is 11.2. The summed E-state index contributed by atoms with van der Waals surface area (Å²) < 4.78 is 4.84. The van der Waals surface area contributed by atoms with Crippen molar-refractivity contribution >= 4 is 17.7 Å². The molecule has 4 heteroatoms. The molecule has 2 N–H and O–H groups in total. The summed E-state index contributed by atoms with van der Waals surface area (Å²) in [6.07, 6.45) is 23.5. The highest BCUT2D eigenvalue weighted by molar-refractivity contribution is 8.03. The summed E-state index contributed by atoms with van der Waals surface area (Å²) in [5, 5.41) is 0.564. The lowest BCUT2D eigenvalue weighted by Gasteiger charge is -2.04. The first-order valence-corrected chi connectivity index (χ1v) is 12.5.